The Morgan fingerprint density at radius 2 is 1.58 bits per heavy atom. The van der Waals surface area contributed by atoms with Crippen LogP contribution in [0.15, 0.2) is 61.2 Å². The summed E-state index contributed by atoms with van der Waals surface area (Å²) in [6.45, 7) is 2.07. The van der Waals surface area contributed by atoms with E-state index in [-0.39, 0.29) is 0 Å². The molecule has 0 amide bonds. The predicted octanol–water partition coefficient (Wildman–Crippen LogP) is 4.15. The molecule has 0 radical (unpaired) electrons. The molecule has 4 rings (SSSR count). The van der Waals surface area contributed by atoms with Gasteiger partial charge in [-0.05, 0) is 31.2 Å². The van der Waals surface area contributed by atoms with Crippen molar-refractivity contribution >= 4 is 34.0 Å². The first-order valence-corrected chi connectivity index (χ1v) is 7.63. The Morgan fingerprint density at radius 1 is 0.833 bits per heavy atom. The van der Waals surface area contributed by atoms with Crippen LogP contribution in [0, 0.1) is 6.92 Å². The summed E-state index contributed by atoms with van der Waals surface area (Å²) in [4.78, 5) is 15.7. The number of anilines is 4. The fraction of sp³-hybridized carbons (Fsp3) is 0.0556. The molecule has 6 nitrogen and oxygen atoms in total. The van der Waals surface area contributed by atoms with Crippen LogP contribution < -0.4 is 10.6 Å². The maximum atomic E-state index is 4.31. The minimum absolute atomic E-state index is 0.636. The second kappa shape index (κ2) is 6.00. The number of nitrogens with zero attached hydrogens (tertiary/aromatic N) is 3. The lowest BCUT2D eigenvalue weighted by Gasteiger charge is -2.13. The number of nitrogens with one attached hydrogen (secondary N) is 3. The van der Waals surface area contributed by atoms with E-state index < -0.39 is 0 Å². The maximum absolute atomic E-state index is 4.31. The summed E-state index contributed by atoms with van der Waals surface area (Å²) < 4.78 is 0. The number of aromatic nitrogens is 4. The molecule has 4 aromatic rings. The quantitative estimate of drug-likeness (QED) is 0.527. The van der Waals surface area contributed by atoms with E-state index in [2.05, 4.69) is 61.8 Å². The van der Waals surface area contributed by atoms with E-state index in [4.69, 9.17) is 0 Å². The van der Waals surface area contributed by atoms with Gasteiger partial charge in [-0.15, -0.1) is 0 Å². The van der Waals surface area contributed by atoms with Crippen LogP contribution >= 0.6 is 0 Å². The van der Waals surface area contributed by atoms with Gasteiger partial charge < -0.3 is 15.6 Å². The summed E-state index contributed by atoms with van der Waals surface area (Å²) in [6.07, 6.45) is 3.11. The van der Waals surface area contributed by atoms with Crippen LogP contribution in [-0.2, 0) is 0 Å². The van der Waals surface area contributed by atoms with E-state index in [1.165, 1.54) is 11.9 Å². The first-order chi connectivity index (χ1) is 11.8. The minimum atomic E-state index is 0.636. The highest BCUT2D eigenvalue weighted by Gasteiger charge is 2.08. The highest BCUT2D eigenvalue weighted by Crippen LogP contribution is 2.29. The number of imidazole rings is 1. The molecular formula is C18H16N6. The minimum Gasteiger partial charge on any atom is -0.354 e. The third-order valence-electron chi connectivity index (χ3n) is 3.73. The zero-order valence-corrected chi connectivity index (χ0v) is 13.1. The van der Waals surface area contributed by atoms with Gasteiger partial charge in [-0.3, -0.25) is 0 Å². The SMILES string of the molecule is Cc1ccc(Nc2ccccc2Nc2ncnc3nc[nH]c23)cc1. The Labute approximate surface area is 139 Å². The number of benzene rings is 2. The molecule has 0 aliphatic carbocycles. The first kappa shape index (κ1) is 14.2. The smallest absolute Gasteiger partial charge is 0.182 e. The highest BCUT2D eigenvalue weighted by molar-refractivity contribution is 5.87. The van der Waals surface area contributed by atoms with Gasteiger partial charge in [0.2, 0.25) is 0 Å². The average Bonchev–Trinajstić information content (AvgIpc) is 3.08. The first-order valence-electron chi connectivity index (χ1n) is 7.63. The van der Waals surface area contributed by atoms with Gasteiger partial charge in [-0.2, -0.15) is 0 Å². The molecule has 118 valence electrons. The molecule has 0 aliphatic heterocycles. The van der Waals surface area contributed by atoms with E-state index in [0.717, 1.165) is 22.6 Å². The van der Waals surface area contributed by atoms with Gasteiger partial charge >= 0.3 is 0 Å². The fourth-order valence-corrected chi connectivity index (χ4v) is 2.48. The maximum Gasteiger partial charge on any atom is 0.182 e. The van der Waals surface area contributed by atoms with Gasteiger partial charge in [0.25, 0.3) is 0 Å². The van der Waals surface area contributed by atoms with Gasteiger partial charge in [0.1, 0.15) is 11.8 Å². The Balaban J connectivity index is 1.66. The lowest BCUT2D eigenvalue weighted by Crippen LogP contribution is -2.00. The number of rotatable bonds is 4. The Hall–Kier alpha value is -3.41. The number of para-hydroxylation sites is 2. The van der Waals surface area contributed by atoms with Crippen molar-refractivity contribution in [3.8, 4) is 0 Å². The van der Waals surface area contributed by atoms with E-state index in [9.17, 15) is 0 Å². The normalized spacial score (nSPS) is 10.7. The molecule has 3 N–H and O–H groups in total. The number of fused-ring (bicyclic) bond motifs is 1. The Morgan fingerprint density at radius 3 is 2.38 bits per heavy atom. The van der Waals surface area contributed by atoms with Gasteiger partial charge in [0, 0.05) is 5.69 Å². The monoisotopic (exact) mass is 316 g/mol. The van der Waals surface area contributed by atoms with Crippen molar-refractivity contribution in [3.05, 3.63) is 66.7 Å². The van der Waals surface area contributed by atoms with Crippen LogP contribution in [0.2, 0.25) is 0 Å². The summed E-state index contributed by atoms with van der Waals surface area (Å²) >= 11 is 0. The van der Waals surface area contributed by atoms with E-state index in [1.807, 2.05) is 24.3 Å². The molecule has 6 heteroatoms. The van der Waals surface area contributed by atoms with E-state index >= 15 is 0 Å². The third-order valence-corrected chi connectivity index (χ3v) is 3.73. The number of aromatic amines is 1. The second-order valence-corrected chi connectivity index (χ2v) is 5.49. The number of hydrogen-bond donors (Lipinski definition) is 3. The van der Waals surface area contributed by atoms with Crippen molar-refractivity contribution in [3.63, 3.8) is 0 Å². The molecule has 24 heavy (non-hydrogen) atoms. The summed E-state index contributed by atoms with van der Waals surface area (Å²) in [5, 5.41) is 6.78. The number of hydrogen-bond acceptors (Lipinski definition) is 5. The van der Waals surface area contributed by atoms with Crippen molar-refractivity contribution in [1.82, 2.24) is 19.9 Å². The summed E-state index contributed by atoms with van der Waals surface area (Å²) in [7, 11) is 0. The molecule has 0 saturated carbocycles. The van der Waals surface area contributed by atoms with E-state index in [0.29, 0.717) is 11.5 Å². The average molecular weight is 316 g/mol. The molecule has 0 fully saturated rings. The number of aryl methyl sites for hydroxylation is 1. The molecule has 0 spiro atoms. The van der Waals surface area contributed by atoms with Crippen molar-refractivity contribution in [1.29, 1.82) is 0 Å². The predicted molar refractivity (Wildman–Crippen MR) is 95.9 cm³/mol. The zero-order valence-electron chi connectivity index (χ0n) is 13.1. The molecule has 0 unspecified atom stereocenters. The third kappa shape index (κ3) is 2.77. The van der Waals surface area contributed by atoms with Crippen molar-refractivity contribution in [2.24, 2.45) is 0 Å². The van der Waals surface area contributed by atoms with Gasteiger partial charge in [0.15, 0.2) is 11.5 Å². The second-order valence-electron chi connectivity index (χ2n) is 5.49. The molecule has 2 aromatic carbocycles. The highest BCUT2D eigenvalue weighted by atomic mass is 15.1. The molecule has 0 bridgehead atoms. The van der Waals surface area contributed by atoms with Crippen LogP contribution in [0.1, 0.15) is 5.56 Å². The van der Waals surface area contributed by atoms with Gasteiger partial charge in [0.05, 0.1) is 17.7 Å². The summed E-state index contributed by atoms with van der Waals surface area (Å²) in [5.74, 6) is 0.690. The number of H-pyrrole nitrogens is 1. The van der Waals surface area contributed by atoms with Crippen molar-refractivity contribution in [2.75, 3.05) is 10.6 Å². The van der Waals surface area contributed by atoms with Crippen molar-refractivity contribution in [2.45, 2.75) is 6.92 Å². The summed E-state index contributed by atoms with van der Waals surface area (Å²) in [6, 6.07) is 16.3. The lowest BCUT2D eigenvalue weighted by molar-refractivity contribution is 1.20. The molecule has 0 aliphatic rings. The zero-order chi connectivity index (χ0) is 16.4. The van der Waals surface area contributed by atoms with Gasteiger partial charge in [-0.25, -0.2) is 15.0 Å². The topological polar surface area (TPSA) is 78.5 Å². The standard InChI is InChI=1S/C18H16N6/c1-12-6-8-13(9-7-12)23-14-4-2-3-5-15(14)24-18-16-17(20-10-19-16)21-11-22-18/h2-11,23H,1H3,(H2,19,20,21,22,24). The summed E-state index contributed by atoms with van der Waals surface area (Å²) in [5.41, 5.74) is 5.57. The van der Waals surface area contributed by atoms with Crippen LogP contribution in [0.25, 0.3) is 11.2 Å². The van der Waals surface area contributed by atoms with Crippen LogP contribution in [0.4, 0.5) is 22.9 Å². The van der Waals surface area contributed by atoms with Gasteiger partial charge in [-0.1, -0.05) is 29.8 Å². The van der Waals surface area contributed by atoms with Crippen LogP contribution in [-0.4, -0.2) is 19.9 Å². The van der Waals surface area contributed by atoms with Crippen molar-refractivity contribution < 1.29 is 0 Å². The lowest BCUT2D eigenvalue weighted by atomic mass is 10.2. The Kier molecular flexibility index (Phi) is 3.55. The van der Waals surface area contributed by atoms with Crippen LogP contribution in [0.5, 0.6) is 0 Å². The Bertz CT molecular complexity index is 974. The largest absolute Gasteiger partial charge is 0.354 e. The molecule has 0 saturated heterocycles. The molecule has 0 atom stereocenters. The molecule has 2 heterocycles. The molecular weight excluding hydrogens is 300 g/mol. The van der Waals surface area contributed by atoms with E-state index in [1.54, 1.807) is 6.33 Å². The van der Waals surface area contributed by atoms with Crippen LogP contribution in [0.3, 0.4) is 0 Å². The fourth-order valence-electron chi connectivity index (χ4n) is 2.48. The molecule has 2 aromatic heterocycles.